The fourth-order valence-corrected chi connectivity index (χ4v) is 4.26. The molecule has 2 aliphatic rings. The first-order valence-corrected chi connectivity index (χ1v) is 9.55. The van der Waals surface area contributed by atoms with Crippen LogP contribution >= 0.6 is 11.3 Å². The predicted octanol–water partition coefficient (Wildman–Crippen LogP) is 3.00. The van der Waals surface area contributed by atoms with Crippen LogP contribution in [0.5, 0.6) is 0 Å². The molecule has 126 valence electrons. The van der Waals surface area contributed by atoms with Gasteiger partial charge in [0, 0.05) is 45.2 Å². The molecule has 0 amide bonds. The molecule has 2 fully saturated rings. The van der Waals surface area contributed by atoms with Crippen molar-refractivity contribution in [3.63, 3.8) is 0 Å². The number of guanidine groups is 1. The molecule has 0 radical (unpaired) electrons. The maximum Gasteiger partial charge on any atom is 0.194 e. The normalized spacial score (nSPS) is 24.1. The molecule has 4 rings (SSSR count). The summed E-state index contributed by atoms with van der Waals surface area (Å²) >= 11 is 1.82. The topological polar surface area (TPSA) is 30.9 Å². The Morgan fingerprint density at radius 1 is 1.08 bits per heavy atom. The number of nitrogens with zero attached hydrogens (tertiary/aromatic N) is 3. The van der Waals surface area contributed by atoms with E-state index < -0.39 is 0 Å². The van der Waals surface area contributed by atoms with Crippen molar-refractivity contribution in [1.29, 1.82) is 0 Å². The van der Waals surface area contributed by atoms with E-state index in [0.717, 1.165) is 32.1 Å². The smallest absolute Gasteiger partial charge is 0.194 e. The molecular formula is C19H24N4S. The molecule has 1 saturated heterocycles. The number of aliphatic imine (C=N–C) groups is 1. The van der Waals surface area contributed by atoms with Crippen molar-refractivity contribution in [2.45, 2.75) is 18.4 Å². The molecule has 1 aromatic heterocycles. The van der Waals surface area contributed by atoms with Crippen LogP contribution in [0.15, 0.2) is 52.8 Å². The minimum absolute atomic E-state index is 0.529. The van der Waals surface area contributed by atoms with Gasteiger partial charge in [0.25, 0.3) is 0 Å². The number of nitrogens with one attached hydrogen (secondary N) is 1. The summed E-state index contributed by atoms with van der Waals surface area (Å²) in [5.74, 6) is 1.69. The number of thiophene rings is 1. The fraction of sp³-hybridized carbons (Fsp3) is 0.421. The van der Waals surface area contributed by atoms with Gasteiger partial charge in [0.2, 0.25) is 0 Å². The second-order valence-electron chi connectivity index (χ2n) is 6.48. The molecule has 0 bridgehead atoms. The first-order chi connectivity index (χ1) is 11.8. The predicted molar refractivity (Wildman–Crippen MR) is 102 cm³/mol. The zero-order valence-electron chi connectivity index (χ0n) is 14.1. The third-order valence-corrected chi connectivity index (χ3v) is 5.87. The maximum absolute atomic E-state index is 4.52. The molecule has 5 heteroatoms. The first kappa shape index (κ1) is 15.5. The third kappa shape index (κ3) is 3.26. The molecule has 2 unspecified atom stereocenters. The number of piperazine rings is 1. The highest BCUT2D eigenvalue weighted by atomic mass is 32.1. The molecule has 1 aliphatic carbocycles. The van der Waals surface area contributed by atoms with Gasteiger partial charge in [-0.05, 0) is 29.5 Å². The Bertz CT molecular complexity index is 675. The lowest BCUT2D eigenvalue weighted by Crippen LogP contribution is -2.53. The summed E-state index contributed by atoms with van der Waals surface area (Å²) < 4.78 is 0. The minimum atomic E-state index is 0.529. The summed E-state index contributed by atoms with van der Waals surface area (Å²) in [6.07, 6.45) is 1.21. The Morgan fingerprint density at radius 2 is 1.88 bits per heavy atom. The molecule has 2 atom stereocenters. The third-order valence-electron chi connectivity index (χ3n) is 4.94. The van der Waals surface area contributed by atoms with Gasteiger partial charge in [-0.1, -0.05) is 30.3 Å². The number of rotatable bonds is 3. The SMILES string of the molecule is CN=C(NC1CC1c1ccccc1)N1CCN(c2cccs2)CC1. The van der Waals surface area contributed by atoms with Crippen molar-refractivity contribution in [3.8, 4) is 0 Å². The molecule has 24 heavy (non-hydrogen) atoms. The molecule has 2 heterocycles. The number of hydrogen-bond donors (Lipinski definition) is 1. The highest BCUT2D eigenvalue weighted by Gasteiger charge is 2.39. The summed E-state index contributed by atoms with van der Waals surface area (Å²) in [6, 6.07) is 15.7. The lowest BCUT2D eigenvalue weighted by Gasteiger charge is -2.37. The van der Waals surface area contributed by atoms with Crippen molar-refractivity contribution in [2.24, 2.45) is 4.99 Å². The van der Waals surface area contributed by atoms with Crippen LogP contribution in [-0.4, -0.2) is 50.1 Å². The molecule has 1 aliphatic heterocycles. The van der Waals surface area contributed by atoms with E-state index in [-0.39, 0.29) is 0 Å². The molecule has 2 aromatic rings. The largest absolute Gasteiger partial charge is 0.360 e. The van der Waals surface area contributed by atoms with Crippen LogP contribution in [0.4, 0.5) is 5.00 Å². The summed E-state index contributed by atoms with van der Waals surface area (Å²) in [5, 5.41) is 7.20. The molecule has 1 aromatic carbocycles. The zero-order valence-corrected chi connectivity index (χ0v) is 14.9. The standard InChI is InChI=1S/C19H24N4S/c1-20-19(21-17-14-16(17)15-6-3-2-4-7-15)23-11-9-22(10-12-23)18-8-5-13-24-18/h2-8,13,16-17H,9-12,14H2,1H3,(H,20,21). The zero-order chi connectivity index (χ0) is 16.4. The van der Waals surface area contributed by atoms with Crippen LogP contribution < -0.4 is 10.2 Å². The van der Waals surface area contributed by atoms with Crippen molar-refractivity contribution in [2.75, 3.05) is 38.1 Å². The lowest BCUT2D eigenvalue weighted by molar-refractivity contribution is 0.373. The maximum atomic E-state index is 4.52. The second-order valence-corrected chi connectivity index (χ2v) is 7.40. The number of anilines is 1. The van der Waals surface area contributed by atoms with E-state index in [4.69, 9.17) is 0 Å². The Balaban J connectivity index is 1.31. The van der Waals surface area contributed by atoms with Crippen LogP contribution in [0.1, 0.15) is 17.9 Å². The quantitative estimate of drug-likeness (QED) is 0.688. The molecule has 0 spiro atoms. The highest BCUT2D eigenvalue weighted by Crippen LogP contribution is 2.40. The van der Waals surface area contributed by atoms with E-state index in [2.05, 4.69) is 68.0 Å². The van der Waals surface area contributed by atoms with Crippen molar-refractivity contribution >= 4 is 22.3 Å². The summed E-state index contributed by atoms with van der Waals surface area (Å²) in [7, 11) is 1.90. The van der Waals surface area contributed by atoms with Gasteiger partial charge in [0.15, 0.2) is 5.96 Å². The van der Waals surface area contributed by atoms with Gasteiger partial charge in [-0.25, -0.2) is 0 Å². The second kappa shape index (κ2) is 6.85. The highest BCUT2D eigenvalue weighted by molar-refractivity contribution is 7.14. The Labute approximate surface area is 147 Å². The number of benzene rings is 1. The van der Waals surface area contributed by atoms with Crippen LogP contribution in [-0.2, 0) is 0 Å². The van der Waals surface area contributed by atoms with Gasteiger partial charge >= 0.3 is 0 Å². The fourth-order valence-electron chi connectivity index (χ4n) is 3.47. The summed E-state index contributed by atoms with van der Waals surface area (Å²) in [6.45, 7) is 4.18. The monoisotopic (exact) mass is 340 g/mol. The molecule has 1 N–H and O–H groups in total. The summed E-state index contributed by atoms with van der Waals surface area (Å²) in [5.41, 5.74) is 1.44. The van der Waals surface area contributed by atoms with E-state index >= 15 is 0 Å². The average Bonchev–Trinajstić information content (AvgIpc) is 3.20. The van der Waals surface area contributed by atoms with E-state index in [0.29, 0.717) is 12.0 Å². The van der Waals surface area contributed by atoms with E-state index in [1.54, 1.807) is 0 Å². The van der Waals surface area contributed by atoms with Gasteiger partial charge in [-0.2, -0.15) is 0 Å². The Kier molecular flexibility index (Phi) is 4.43. The molecular weight excluding hydrogens is 316 g/mol. The Morgan fingerprint density at radius 3 is 2.54 bits per heavy atom. The van der Waals surface area contributed by atoms with E-state index in [1.807, 2.05) is 18.4 Å². The molecule has 1 saturated carbocycles. The van der Waals surface area contributed by atoms with Crippen LogP contribution in [0, 0.1) is 0 Å². The van der Waals surface area contributed by atoms with Gasteiger partial charge in [-0.15, -0.1) is 11.3 Å². The van der Waals surface area contributed by atoms with Crippen LogP contribution in [0.2, 0.25) is 0 Å². The van der Waals surface area contributed by atoms with Crippen LogP contribution in [0.3, 0.4) is 0 Å². The Hall–Kier alpha value is -2.01. The average molecular weight is 340 g/mol. The molecule has 4 nitrogen and oxygen atoms in total. The van der Waals surface area contributed by atoms with Crippen molar-refractivity contribution < 1.29 is 0 Å². The van der Waals surface area contributed by atoms with Gasteiger partial charge in [0.1, 0.15) is 0 Å². The van der Waals surface area contributed by atoms with Gasteiger partial charge in [0.05, 0.1) is 5.00 Å². The van der Waals surface area contributed by atoms with Crippen molar-refractivity contribution in [1.82, 2.24) is 10.2 Å². The van der Waals surface area contributed by atoms with E-state index in [1.165, 1.54) is 17.0 Å². The summed E-state index contributed by atoms with van der Waals surface area (Å²) in [4.78, 5) is 9.39. The van der Waals surface area contributed by atoms with Crippen LogP contribution in [0.25, 0.3) is 0 Å². The van der Waals surface area contributed by atoms with Gasteiger partial charge < -0.3 is 15.1 Å². The first-order valence-electron chi connectivity index (χ1n) is 8.67. The lowest BCUT2D eigenvalue weighted by atomic mass is 10.1. The minimum Gasteiger partial charge on any atom is -0.360 e. The van der Waals surface area contributed by atoms with Crippen molar-refractivity contribution in [3.05, 3.63) is 53.4 Å². The van der Waals surface area contributed by atoms with E-state index in [9.17, 15) is 0 Å². The van der Waals surface area contributed by atoms with Gasteiger partial charge in [-0.3, -0.25) is 4.99 Å². The number of hydrogen-bond acceptors (Lipinski definition) is 3.